The van der Waals surface area contributed by atoms with Crippen molar-refractivity contribution in [2.75, 3.05) is 13.1 Å². The quantitative estimate of drug-likeness (QED) is 0.648. The number of imidazole rings is 1. The fraction of sp³-hybridized carbons (Fsp3) is 0.455. The summed E-state index contributed by atoms with van der Waals surface area (Å²) in [6.07, 6.45) is 8.05. The van der Waals surface area contributed by atoms with E-state index in [1.54, 1.807) is 22.0 Å². The average molecular weight is 409 g/mol. The minimum absolute atomic E-state index is 0.0887. The molecule has 1 amide bonds. The highest BCUT2D eigenvalue weighted by Crippen LogP contribution is 2.30. The maximum atomic E-state index is 12.8. The van der Waals surface area contributed by atoms with Crippen LogP contribution < -0.4 is 0 Å². The molecule has 1 N–H and O–H groups in total. The number of amides is 1. The summed E-state index contributed by atoms with van der Waals surface area (Å²) in [5.41, 5.74) is 1.68. The maximum absolute atomic E-state index is 12.8. The zero-order chi connectivity index (χ0) is 20.9. The molecule has 8 nitrogen and oxygen atoms in total. The van der Waals surface area contributed by atoms with Crippen molar-refractivity contribution in [3.63, 3.8) is 0 Å². The van der Waals surface area contributed by atoms with Gasteiger partial charge in [0.15, 0.2) is 5.69 Å². The van der Waals surface area contributed by atoms with Crippen LogP contribution in [0.4, 0.5) is 0 Å². The van der Waals surface area contributed by atoms with Crippen LogP contribution in [0.2, 0.25) is 0 Å². The van der Waals surface area contributed by atoms with Crippen molar-refractivity contribution in [3.05, 3.63) is 66.0 Å². The lowest BCUT2D eigenvalue weighted by Crippen LogP contribution is -2.40. The topological polar surface area (TPSA) is 89.1 Å². The van der Waals surface area contributed by atoms with E-state index >= 15 is 0 Å². The Balaban J connectivity index is 1.27. The first-order valence-corrected chi connectivity index (χ1v) is 10.5. The number of aromatic nitrogens is 5. The largest absolute Gasteiger partial charge is 0.385 e. The summed E-state index contributed by atoms with van der Waals surface area (Å²) in [5.74, 6) is 0.691. The van der Waals surface area contributed by atoms with Crippen LogP contribution in [0.1, 0.15) is 47.2 Å². The first-order chi connectivity index (χ1) is 14.6. The van der Waals surface area contributed by atoms with Gasteiger partial charge in [0.1, 0.15) is 11.9 Å². The molecule has 0 radical (unpaired) electrons. The van der Waals surface area contributed by atoms with Crippen molar-refractivity contribution < 1.29 is 9.90 Å². The first kappa shape index (κ1) is 20.3. The second-order valence-corrected chi connectivity index (χ2v) is 7.93. The fourth-order valence-corrected chi connectivity index (χ4v) is 4.05. The van der Waals surface area contributed by atoms with Gasteiger partial charge in [0.2, 0.25) is 0 Å². The highest BCUT2D eigenvalue weighted by atomic mass is 16.3. The van der Waals surface area contributed by atoms with Crippen LogP contribution in [0.3, 0.4) is 0 Å². The number of carbonyl (C=O) groups excluding carboxylic acids is 1. The minimum Gasteiger partial charge on any atom is -0.385 e. The van der Waals surface area contributed by atoms with Gasteiger partial charge < -0.3 is 14.6 Å². The number of hydrogen-bond acceptors (Lipinski definition) is 5. The molecule has 8 heteroatoms. The monoisotopic (exact) mass is 408 g/mol. The van der Waals surface area contributed by atoms with Crippen molar-refractivity contribution >= 4 is 5.91 Å². The van der Waals surface area contributed by atoms with Gasteiger partial charge in [-0.3, -0.25) is 9.48 Å². The van der Waals surface area contributed by atoms with E-state index in [0.29, 0.717) is 24.6 Å². The molecule has 3 heterocycles. The third-order valence-corrected chi connectivity index (χ3v) is 5.85. The summed E-state index contributed by atoms with van der Waals surface area (Å²) in [6.45, 7) is 1.94. The summed E-state index contributed by atoms with van der Waals surface area (Å²) in [7, 11) is 1.88. The second-order valence-electron chi connectivity index (χ2n) is 7.93. The number of benzene rings is 1. The number of aliphatic hydroxyl groups excluding tert-OH is 1. The van der Waals surface area contributed by atoms with Gasteiger partial charge in [0.25, 0.3) is 5.91 Å². The molecule has 1 aliphatic heterocycles. The Morgan fingerprint density at radius 2 is 2.00 bits per heavy atom. The zero-order valence-corrected chi connectivity index (χ0v) is 17.3. The molecule has 3 aromatic rings. The van der Waals surface area contributed by atoms with Crippen molar-refractivity contribution in [2.24, 2.45) is 13.0 Å². The Kier molecular flexibility index (Phi) is 6.23. The Labute approximate surface area is 176 Å². The molecular weight excluding hydrogens is 380 g/mol. The number of nitrogens with zero attached hydrogens (tertiary/aromatic N) is 6. The van der Waals surface area contributed by atoms with Gasteiger partial charge in [-0.05, 0) is 37.2 Å². The van der Waals surface area contributed by atoms with Gasteiger partial charge in [-0.15, -0.1) is 5.10 Å². The lowest BCUT2D eigenvalue weighted by atomic mass is 9.90. The van der Waals surface area contributed by atoms with Crippen LogP contribution in [0.5, 0.6) is 0 Å². The summed E-state index contributed by atoms with van der Waals surface area (Å²) < 4.78 is 3.59. The molecule has 0 bridgehead atoms. The summed E-state index contributed by atoms with van der Waals surface area (Å²) in [5, 5.41) is 18.8. The SMILES string of the molecule is Cn1ccnc1[C@@H](O)C1CCN(C(=O)c2cn(CCCc3ccccc3)nn2)CC1. The minimum atomic E-state index is -0.604. The summed E-state index contributed by atoms with van der Waals surface area (Å²) >= 11 is 0. The molecule has 0 unspecified atom stereocenters. The predicted molar refractivity (Wildman–Crippen MR) is 112 cm³/mol. The lowest BCUT2D eigenvalue weighted by Gasteiger charge is -2.33. The van der Waals surface area contributed by atoms with Crippen LogP contribution in [0.25, 0.3) is 0 Å². The van der Waals surface area contributed by atoms with Gasteiger partial charge in [0.05, 0.1) is 6.20 Å². The van der Waals surface area contributed by atoms with E-state index in [2.05, 4.69) is 27.4 Å². The number of piperidine rings is 1. The number of likely N-dealkylation sites (tertiary alicyclic amines) is 1. The molecular formula is C22H28N6O2. The molecule has 1 aromatic carbocycles. The van der Waals surface area contributed by atoms with Gasteiger partial charge in [-0.25, -0.2) is 4.98 Å². The van der Waals surface area contributed by atoms with E-state index in [9.17, 15) is 9.90 Å². The van der Waals surface area contributed by atoms with Crippen LogP contribution >= 0.6 is 0 Å². The third-order valence-electron chi connectivity index (χ3n) is 5.85. The highest BCUT2D eigenvalue weighted by molar-refractivity contribution is 5.91. The Morgan fingerprint density at radius 3 is 2.70 bits per heavy atom. The average Bonchev–Trinajstić information content (AvgIpc) is 3.43. The Hall–Kier alpha value is -3.00. The standard InChI is InChI=1S/C22H28N6O2/c1-26-15-11-23-21(26)20(29)18-9-13-27(14-10-18)22(30)19-16-28(25-24-19)12-5-8-17-6-3-2-4-7-17/h2-4,6-7,11,15-16,18,20,29H,5,8-10,12-14H2,1H3/t20-/m0/s1. The van der Waals surface area contributed by atoms with Crippen LogP contribution in [-0.2, 0) is 20.0 Å². The smallest absolute Gasteiger partial charge is 0.276 e. The van der Waals surface area contributed by atoms with E-state index < -0.39 is 6.10 Å². The van der Waals surface area contributed by atoms with E-state index in [1.165, 1.54) is 5.56 Å². The number of carbonyl (C=O) groups is 1. The van der Waals surface area contributed by atoms with E-state index in [4.69, 9.17) is 0 Å². The van der Waals surface area contributed by atoms with E-state index in [1.807, 2.05) is 36.0 Å². The van der Waals surface area contributed by atoms with Gasteiger partial charge in [-0.1, -0.05) is 35.5 Å². The molecule has 30 heavy (non-hydrogen) atoms. The van der Waals surface area contributed by atoms with E-state index in [0.717, 1.165) is 32.2 Å². The molecule has 0 saturated carbocycles. The second kappa shape index (κ2) is 9.21. The normalized spacial score (nSPS) is 16.0. The van der Waals surface area contributed by atoms with E-state index in [-0.39, 0.29) is 11.8 Å². The molecule has 1 aliphatic rings. The number of aliphatic hydroxyl groups is 1. The predicted octanol–water partition coefficient (Wildman–Crippen LogP) is 2.23. The summed E-state index contributed by atoms with van der Waals surface area (Å²) in [6, 6.07) is 10.3. The molecule has 2 aromatic heterocycles. The highest BCUT2D eigenvalue weighted by Gasteiger charge is 2.31. The first-order valence-electron chi connectivity index (χ1n) is 10.5. The van der Waals surface area contributed by atoms with Gasteiger partial charge >= 0.3 is 0 Å². The Bertz CT molecular complexity index is 959. The molecule has 1 saturated heterocycles. The molecule has 158 valence electrons. The molecule has 1 fully saturated rings. The molecule has 0 spiro atoms. The van der Waals surface area contributed by atoms with Crippen molar-refractivity contribution in [2.45, 2.75) is 38.3 Å². The zero-order valence-electron chi connectivity index (χ0n) is 17.3. The number of hydrogen-bond donors (Lipinski definition) is 1. The number of aryl methyl sites for hydroxylation is 3. The van der Waals surface area contributed by atoms with Crippen LogP contribution in [0, 0.1) is 5.92 Å². The fourth-order valence-electron chi connectivity index (χ4n) is 4.05. The van der Waals surface area contributed by atoms with Crippen LogP contribution in [-0.4, -0.2) is 53.5 Å². The maximum Gasteiger partial charge on any atom is 0.276 e. The Morgan fingerprint density at radius 1 is 1.23 bits per heavy atom. The van der Waals surface area contributed by atoms with Gasteiger partial charge in [0, 0.05) is 39.1 Å². The van der Waals surface area contributed by atoms with Crippen molar-refractivity contribution in [1.29, 1.82) is 0 Å². The summed E-state index contributed by atoms with van der Waals surface area (Å²) in [4.78, 5) is 18.9. The lowest BCUT2D eigenvalue weighted by molar-refractivity contribution is 0.0417. The van der Waals surface area contributed by atoms with Gasteiger partial charge in [-0.2, -0.15) is 0 Å². The van der Waals surface area contributed by atoms with Crippen LogP contribution in [0.15, 0.2) is 48.9 Å². The van der Waals surface area contributed by atoms with Crippen molar-refractivity contribution in [1.82, 2.24) is 29.4 Å². The number of rotatable bonds is 7. The molecule has 1 atom stereocenters. The third kappa shape index (κ3) is 4.59. The molecule has 4 rings (SSSR count). The molecule has 0 aliphatic carbocycles. The van der Waals surface area contributed by atoms with Crippen molar-refractivity contribution in [3.8, 4) is 0 Å².